The molecule has 6 nitrogen and oxygen atoms in total. The van der Waals surface area contributed by atoms with Gasteiger partial charge in [0.05, 0.1) is 28.5 Å². The molecule has 0 amide bonds. The summed E-state index contributed by atoms with van der Waals surface area (Å²) in [5.41, 5.74) is 3.77. The lowest BCUT2D eigenvalue weighted by Crippen LogP contribution is -2.39. The third kappa shape index (κ3) is 4.14. The molecule has 1 aliphatic rings. The summed E-state index contributed by atoms with van der Waals surface area (Å²) in [6, 6.07) is 15.6. The zero-order valence-corrected chi connectivity index (χ0v) is 22.3. The van der Waals surface area contributed by atoms with Gasteiger partial charge in [0.2, 0.25) is 0 Å². The van der Waals surface area contributed by atoms with E-state index in [9.17, 15) is 9.59 Å². The molecule has 0 spiro atoms. The first-order chi connectivity index (χ1) is 17.5. The van der Waals surface area contributed by atoms with Crippen LogP contribution in [-0.2, 0) is 16.1 Å². The van der Waals surface area contributed by atoms with E-state index in [1.807, 2.05) is 55.7 Å². The number of rotatable bonds is 6. The molecule has 36 heavy (non-hydrogen) atoms. The summed E-state index contributed by atoms with van der Waals surface area (Å²) in [7, 11) is 0. The summed E-state index contributed by atoms with van der Waals surface area (Å²) in [4.78, 5) is 33.3. The molecule has 4 aromatic rings. The molecular formula is C28H27N3O3S2. The van der Waals surface area contributed by atoms with E-state index < -0.39 is 12.0 Å². The largest absolute Gasteiger partial charge is 0.463 e. The van der Waals surface area contributed by atoms with Gasteiger partial charge < -0.3 is 9.30 Å². The summed E-state index contributed by atoms with van der Waals surface area (Å²) in [5.74, 6) is -0.446. The third-order valence-corrected chi connectivity index (χ3v) is 8.12. The van der Waals surface area contributed by atoms with Crippen LogP contribution in [0.15, 0.2) is 80.7 Å². The van der Waals surface area contributed by atoms with Crippen molar-refractivity contribution in [3.63, 3.8) is 0 Å². The molecule has 184 valence electrons. The van der Waals surface area contributed by atoms with Crippen molar-refractivity contribution in [3.05, 3.63) is 96.8 Å². The Hall–Kier alpha value is -3.36. The monoisotopic (exact) mass is 517 g/mol. The van der Waals surface area contributed by atoms with Crippen molar-refractivity contribution in [1.29, 1.82) is 0 Å². The van der Waals surface area contributed by atoms with E-state index in [1.54, 1.807) is 23.3 Å². The Labute approximate surface area is 217 Å². The zero-order valence-electron chi connectivity index (χ0n) is 20.6. The third-order valence-electron chi connectivity index (χ3n) is 6.40. The number of aromatic nitrogens is 2. The number of fused-ring (bicyclic) bond motifs is 2. The fourth-order valence-electron chi connectivity index (χ4n) is 4.69. The molecule has 2 aromatic carbocycles. The topological polar surface area (TPSA) is 65.6 Å². The highest BCUT2D eigenvalue weighted by atomic mass is 32.2. The van der Waals surface area contributed by atoms with E-state index in [2.05, 4.69) is 34.8 Å². The lowest BCUT2D eigenvalue weighted by Gasteiger charge is -2.24. The van der Waals surface area contributed by atoms with E-state index in [0.717, 1.165) is 33.5 Å². The molecule has 8 heteroatoms. The van der Waals surface area contributed by atoms with Crippen molar-refractivity contribution >= 4 is 46.0 Å². The highest BCUT2D eigenvalue weighted by Gasteiger charge is 2.33. The maximum atomic E-state index is 13.9. The number of nitrogens with zero attached hydrogens (tertiary/aromatic N) is 3. The molecule has 2 aromatic heterocycles. The highest BCUT2D eigenvalue weighted by Crippen LogP contribution is 2.31. The van der Waals surface area contributed by atoms with Crippen LogP contribution in [0.5, 0.6) is 0 Å². The van der Waals surface area contributed by atoms with Gasteiger partial charge in [0.25, 0.3) is 5.56 Å². The van der Waals surface area contributed by atoms with Gasteiger partial charge >= 0.3 is 5.97 Å². The van der Waals surface area contributed by atoms with E-state index in [-0.39, 0.29) is 12.2 Å². The Kier molecular flexibility index (Phi) is 6.73. The van der Waals surface area contributed by atoms with E-state index in [0.29, 0.717) is 20.6 Å². The Morgan fingerprint density at radius 1 is 1.17 bits per heavy atom. The quantitative estimate of drug-likeness (QED) is 0.279. The van der Waals surface area contributed by atoms with Gasteiger partial charge in [0, 0.05) is 34.1 Å². The molecule has 0 fully saturated rings. The molecule has 0 bridgehead atoms. The number of esters is 1. The van der Waals surface area contributed by atoms with Crippen LogP contribution in [0.3, 0.4) is 0 Å². The normalized spacial score (nSPS) is 15.8. The van der Waals surface area contributed by atoms with Gasteiger partial charge in [0.15, 0.2) is 4.80 Å². The molecule has 1 unspecified atom stereocenters. The number of para-hydroxylation sites is 1. The van der Waals surface area contributed by atoms with Crippen molar-refractivity contribution in [2.75, 3.05) is 12.9 Å². The van der Waals surface area contributed by atoms with Gasteiger partial charge in [-0.15, -0.1) is 11.8 Å². The molecule has 0 radical (unpaired) electrons. The number of hydrogen-bond donors (Lipinski definition) is 0. The van der Waals surface area contributed by atoms with Crippen LogP contribution >= 0.6 is 23.1 Å². The predicted octanol–water partition coefficient (Wildman–Crippen LogP) is 4.49. The number of hydrogen-bond acceptors (Lipinski definition) is 6. The number of thiazole rings is 1. The summed E-state index contributed by atoms with van der Waals surface area (Å²) in [5, 5.41) is 1.10. The number of thioether (sulfide) groups is 1. The minimum absolute atomic E-state index is 0.166. The molecule has 1 aliphatic heterocycles. The number of carbonyl (C=O) groups is 1. The van der Waals surface area contributed by atoms with Gasteiger partial charge in [0.1, 0.15) is 0 Å². The average molecular weight is 518 g/mol. The zero-order chi connectivity index (χ0) is 25.4. The molecule has 0 saturated heterocycles. The minimum Gasteiger partial charge on any atom is -0.463 e. The number of carbonyl (C=O) groups excluding carboxylic acids is 1. The predicted molar refractivity (Wildman–Crippen MR) is 146 cm³/mol. The van der Waals surface area contributed by atoms with Crippen LogP contribution in [0.2, 0.25) is 0 Å². The van der Waals surface area contributed by atoms with Crippen LogP contribution in [0.25, 0.3) is 17.0 Å². The first-order valence-electron chi connectivity index (χ1n) is 11.9. The summed E-state index contributed by atoms with van der Waals surface area (Å²) >= 11 is 2.99. The number of benzene rings is 2. The van der Waals surface area contributed by atoms with Gasteiger partial charge in [-0.1, -0.05) is 41.7 Å². The Balaban J connectivity index is 1.73. The minimum atomic E-state index is -0.602. The second-order valence-electron chi connectivity index (χ2n) is 8.46. The van der Waals surface area contributed by atoms with Crippen LogP contribution in [-0.4, -0.2) is 28.0 Å². The van der Waals surface area contributed by atoms with Crippen molar-refractivity contribution in [2.45, 2.75) is 38.3 Å². The summed E-state index contributed by atoms with van der Waals surface area (Å²) < 4.78 is 9.79. The van der Waals surface area contributed by atoms with Crippen LogP contribution in [0.1, 0.15) is 37.9 Å². The molecule has 3 heterocycles. The number of ether oxygens (including phenoxy) is 1. The summed E-state index contributed by atoms with van der Waals surface area (Å²) in [6.07, 6.45) is 6.04. The lowest BCUT2D eigenvalue weighted by molar-refractivity contribution is -0.139. The van der Waals surface area contributed by atoms with E-state index >= 15 is 0 Å². The Morgan fingerprint density at radius 2 is 1.92 bits per heavy atom. The molecule has 0 aliphatic carbocycles. The Morgan fingerprint density at radius 3 is 2.61 bits per heavy atom. The fraction of sp³-hybridized carbons (Fsp3) is 0.250. The average Bonchev–Trinajstić information content (AvgIpc) is 3.40. The van der Waals surface area contributed by atoms with Gasteiger partial charge in [-0.3, -0.25) is 9.36 Å². The second-order valence-corrected chi connectivity index (χ2v) is 10.4. The van der Waals surface area contributed by atoms with E-state index in [4.69, 9.17) is 4.74 Å². The number of aryl methyl sites for hydroxylation is 1. The van der Waals surface area contributed by atoms with Gasteiger partial charge in [-0.05, 0) is 56.9 Å². The molecule has 0 saturated carbocycles. The van der Waals surface area contributed by atoms with Gasteiger partial charge in [-0.2, -0.15) is 0 Å². The highest BCUT2D eigenvalue weighted by molar-refractivity contribution is 7.98. The van der Waals surface area contributed by atoms with Crippen LogP contribution in [0, 0.1) is 0 Å². The lowest BCUT2D eigenvalue weighted by atomic mass is 9.96. The SMILES string of the molecule is CCOC(=O)C1=C(C)N=c2sc(=Cc3cn(CC)c4ccccc34)c(=O)n2C1c1ccc(SC)cc1. The number of allylic oxidation sites excluding steroid dienone is 1. The smallest absolute Gasteiger partial charge is 0.338 e. The van der Waals surface area contributed by atoms with E-state index in [1.165, 1.54) is 11.3 Å². The van der Waals surface area contributed by atoms with Crippen molar-refractivity contribution < 1.29 is 9.53 Å². The maximum Gasteiger partial charge on any atom is 0.338 e. The molecule has 1 atom stereocenters. The molecule has 5 rings (SSSR count). The van der Waals surface area contributed by atoms with Gasteiger partial charge in [-0.25, -0.2) is 9.79 Å². The van der Waals surface area contributed by atoms with Crippen molar-refractivity contribution in [3.8, 4) is 0 Å². The van der Waals surface area contributed by atoms with Crippen molar-refractivity contribution in [1.82, 2.24) is 9.13 Å². The second kappa shape index (κ2) is 9.95. The van der Waals surface area contributed by atoms with Crippen molar-refractivity contribution in [2.24, 2.45) is 4.99 Å². The fourth-order valence-corrected chi connectivity index (χ4v) is 6.13. The molecule has 0 N–H and O–H groups in total. The van der Waals surface area contributed by atoms with Crippen LogP contribution in [0.4, 0.5) is 0 Å². The summed E-state index contributed by atoms with van der Waals surface area (Å²) in [6.45, 7) is 6.77. The first-order valence-corrected chi connectivity index (χ1v) is 13.9. The first kappa shape index (κ1) is 24.3. The van der Waals surface area contributed by atoms with Crippen LogP contribution < -0.4 is 14.9 Å². The maximum absolute atomic E-state index is 13.9. The Bertz CT molecular complexity index is 1670. The standard InChI is InChI=1S/C28H27N3O3S2/c1-5-30-16-19(21-9-7-8-10-22(21)30)15-23-26(32)31-25(18-11-13-20(35-4)14-12-18)24(27(33)34-6-2)17(3)29-28(31)36-23/h7-16,25H,5-6H2,1-4H3. The molecular weight excluding hydrogens is 490 g/mol.